The SMILES string of the molecule is O=C[C@H](O)[C@@H](O)[C@H](O)C(=O)S. The minimum atomic E-state index is -1.83. The van der Waals surface area contributed by atoms with Crippen LogP contribution in [0.5, 0.6) is 0 Å². The fourth-order valence-corrected chi connectivity index (χ4v) is 0.566. The number of thiol groups is 1. The van der Waals surface area contributed by atoms with Crippen LogP contribution in [0.15, 0.2) is 0 Å². The Morgan fingerprint density at radius 2 is 1.82 bits per heavy atom. The first-order valence-corrected chi connectivity index (χ1v) is 3.17. The van der Waals surface area contributed by atoms with Gasteiger partial charge in [-0.25, -0.2) is 0 Å². The average molecular weight is 180 g/mol. The minimum Gasteiger partial charge on any atom is -0.387 e. The Kier molecular flexibility index (Phi) is 4.27. The van der Waals surface area contributed by atoms with Gasteiger partial charge in [-0.1, -0.05) is 0 Å². The van der Waals surface area contributed by atoms with Gasteiger partial charge in [0.2, 0.25) is 5.12 Å². The Bertz CT molecular complexity index is 159. The monoisotopic (exact) mass is 180 g/mol. The van der Waals surface area contributed by atoms with Crippen LogP contribution >= 0.6 is 12.6 Å². The first kappa shape index (κ1) is 10.6. The summed E-state index contributed by atoms with van der Waals surface area (Å²) < 4.78 is 0. The van der Waals surface area contributed by atoms with Crippen LogP contribution in [0.25, 0.3) is 0 Å². The highest BCUT2D eigenvalue weighted by Crippen LogP contribution is 2.01. The van der Waals surface area contributed by atoms with Gasteiger partial charge in [0, 0.05) is 0 Å². The molecule has 0 aliphatic carbocycles. The standard InChI is InChI=1S/C5H8O5S/c6-1-2(7)3(8)4(9)5(10)11/h1-4,7-9H,(H,10,11)/t2-,3+,4-/m0/s1. The molecule has 6 heteroatoms. The van der Waals surface area contributed by atoms with Crippen LogP contribution in [0, 0.1) is 0 Å². The summed E-state index contributed by atoms with van der Waals surface area (Å²) in [5.74, 6) is 0. The van der Waals surface area contributed by atoms with E-state index in [4.69, 9.17) is 15.3 Å². The van der Waals surface area contributed by atoms with Crippen LogP contribution in [0.3, 0.4) is 0 Å². The number of aldehydes is 1. The van der Waals surface area contributed by atoms with E-state index >= 15 is 0 Å². The van der Waals surface area contributed by atoms with Gasteiger partial charge in [-0.05, 0) is 0 Å². The molecule has 0 aliphatic heterocycles. The summed E-state index contributed by atoms with van der Waals surface area (Å²) in [4.78, 5) is 20.0. The molecule has 0 aromatic rings. The summed E-state index contributed by atoms with van der Waals surface area (Å²) in [6.45, 7) is 0. The third-order valence-corrected chi connectivity index (χ3v) is 1.33. The summed E-state index contributed by atoms with van der Waals surface area (Å²) in [5.41, 5.74) is 0. The smallest absolute Gasteiger partial charge is 0.217 e. The highest BCUT2D eigenvalue weighted by Gasteiger charge is 2.27. The van der Waals surface area contributed by atoms with Crippen molar-refractivity contribution in [1.82, 2.24) is 0 Å². The molecule has 0 fully saturated rings. The predicted octanol–water partition coefficient (Wildman–Crippen LogP) is -2.28. The summed E-state index contributed by atoms with van der Waals surface area (Å²) in [5, 5.41) is 25.0. The molecule has 0 saturated heterocycles. The van der Waals surface area contributed by atoms with E-state index in [-0.39, 0.29) is 6.29 Å². The van der Waals surface area contributed by atoms with Crippen molar-refractivity contribution in [3.8, 4) is 0 Å². The third kappa shape index (κ3) is 2.98. The van der Waals surface area contributed by atoms with Gasteiger partial charge >= 0.3 is 0 Å². The van der Waals surface area contributed by atoms with Crippen LogP contribution in [0.4, 0.5) is 0 Å². The van der Waals surface area contributed by atoms with E-state index in [0.717, 1.165) is 0 Å². The molecule has 0 aromatic heterocycles. The molecule has 0 heterocycles. The van der Waals surface area contributed by atoms with Gasteiger partial charge in [0.05, 0.1) is 0 Å². The summed E-state index contributed by atoms with van der Waals surface area (Å²) in [7, 11) is 0. The van der Waals surface area contributed by atoms with Gasteiger partial charge in [0.15, 0.2) is 12.4 Å². The van der Waals surface area contributed by atoms with Crippen molar-refractivity contribution in [2.75, 3.05) is 0 Å². The van der Waals surface area contributed by atoms with Crippen molar-refractivity contribution in [2.45, 2.75) is 18.3 Å². The molecule has 3 atom stereocenters. The number of carbonyl (C=O) groups excluding carboxylic acids is 2. The maximum atomic E-state index is 10.2. The molecular weight excluding hydrogens is 172 g/mol. The van der Waals surface area contributed by atoms with E-state index in [2.05, 4.69) is 12.6 Å². The van der Waals surface area contributed by atoms with Gasteiger partial charge in [-0.3, -0.25) is 4.79 Å². The maximum Gasteiger partial charge on any atom is 0.217 e. The molecule has 5 nitrogen and oxygen atoms in total. The van der Waals surface area contributed by atoms with Gasteiger partial charge in [-0.15, -0.1) is 12.6 Å². The lowest BCUT2D eigenvalue weighted by atomic mass is 10.1. The Hall–Kier alpha value is -0.430. The second kappa shape index (κ2) is 4.45. The van der Waals surface area contributed by atoms with Crippen LogP contribution in [-0.2, 0) is 9.59 Å². The Balaban J connectivity index is 4.11. The Morgan fingerprint density at radius 1 is 1.36 bits per heavy atom. The zero-order valence-corrected chi connectivity index (χ0v) is 6.31. The van der Waals surface area contributed by atoms with E-state index < -0.39 is 23.4 Å². The number of hydrogen-bond donors (Lipinski definition) is 4. The first-order valence-electron chi connectivity index (χ1n) is 2.73. The van der Waals surface area contributed by atoms with Crippen molar-refractivity contribution in [1.29, 1.82) is 0 Å². The molecule has 0 amide bonds. The zero-order chi connectivity index (χ0) is 9.02. The van der Waals surface area contributed by atoms with Gasteiger partial charge < -0.3 is 20.1 Å². The molecule has 11 heavy (non-hydrogen) atoms. The fraction of sp³-hybridized carbons (Fsp3) is 0.600. The van der Waals surface area contributed by atoms with E-state index in [1.807, 2.05) is 0 Å². The molecule has 0 saturated carbocycles. The second-order valence-electron chi connectivity index (χ2n) is 1.90. The van der Waals surface area contributed by atoms with Crippen LogP contribution < -0.4 is 0 Å². The van der Waals surface area contributed by atoms with Gasteiger partial charge in [-0.2, -0.15) is 0 Å². The predicted molar refractivity (Wildman–Crippen MR) is 38.1 cm³/mol. The van der Waals surface area contributed by atoms with Crippen molar-refractivity contribution in [3.05, 3.63) is 0 Å². The van der Waals surface area contributed by atoms with Crippen LogP contribution in [0.1, 0.15) is 0 Å². The molecule has 0 aromatic carbocycles. The number of carbonyl (C=O) groups is 2. The van der Waals surface area contributed by atoms with E-state index in [1.165, 1.54) is 0 Å². The normalized spacial score (nSPS) is 18.5. The third-order valence-electron chi connectivity index (χ3n) is 1.07. The molecule has 0 rings (SSSR count). The number of rotatable bonds is 4. The topological polar surface area (TPSA) is 94.8 Å². The van der Waals surface area contributed by atoms with Crippen molar-refractivity contribution < 1.29 is 24.9 Å². The van der Waals surface area contributed by atoms with E-state index in [9.17, 15) is 9.59 Å². The molecule has 0 unspecified atom stereocenters. The summed E-state index contributed by atoms with van der Waals surface area (Å²) in [6.07, 6.45) is -5.39. The van der Waals surface area contributed by atoms with Crippen molar-refractivity contribution >= 4 is 24.0 Å². The Labute approximate surface area is 68.1 Å². The first-order chi connectivity index (χ1) is 5.00. The zero-order valence-electron chi connectivity index (χ0n) is 5.41. The summed E-state index contributed by atoms with van der Waals surface area (Å²) in [6, 6.07) is 0. The largest absolute Gasteiger partial charge is 0.387 e. The lowest BCUT2D eigenvalue weighted by Crippen LogP contribution is -2.41. The second-order valence-corrected chi connectivity index (χ2v) is 2.34. The Morgan fingerprint density at radius 3 is 2.09 bits per heavy atom. The van der Waals surface area contributed by atoms with Crippen molar-refractivity contribution in [2.24, 2.45) is 0 Å². The molecule has 64 valence electrons. The fourth-order valence-electron chi connectivity index (χ4n) is 0.413. The summed E-state index contributed by atoms with van der Waals surface area (Å²) >= 11 is 3.19. The number of hydrogen-bond acceptors (Lipinski definition) is 5. The lowest BCUT2D eigenvalue weighted by molar-refractivity contribution is -0.135. The van der Waals surface area contributed by atoms with Gasteiger partial charge in [0.25, 0.3) is 0 Å². The highest BCUT2D eigenvalue weighted by atomic mass is 32.1. The van der Waals surface area contributed by atoms with Crippen LogP contribution in [0.2, 0.25) is 0 Å². The average Bonchev–Trinajstić information content (AvgIpc) is 2.00. The van der Waals surface area contributed by atoms with Crippen molar-refractivity contribution in [3.63, 3.8) is 0 Å². The molecule has 0 aliphatic rings. The van der Waals surface area contributed by atoms with E-state index in [1.54, 1.807) is 0 Å². The van der Waals surface area contributed by atoms with Gasteiger partial charge in [0.1, 0.15) is 12.2 Å². The number of aliphatic hydroxyl groups is 3. The lowest BCUT2D eigenvalue weighted by Gasteiger charge is -2.15. The van der Waals surface area contributed by atoms with Crippen LogP contribution in [-0.4, -0.2) is 45.0 Å². The molecule has 0 radical (unpaired) electrons. The van der Waals surface area contributed by atoms with E-state index in [0.29, 0.717) is 0 Å². The molecular formula is C5H8O5S. The minimum absolute atomic E-state index is 0.0185. The molecule has 3 N–H and O–H groups in total. The quantitative estimate of drug-likeness (QED) is 0.289. The highest BCUT2D eigenvalue weighted by molar-refractivity contribution is 7.96. The molecule has 0 spiro atoms. The molecule has 0 bridgehead atoms. The number of aliphatic hydroxyl groups excluding tert-OH is 3. The maximum absolute atomic E-state index is 10.2.